The second-order valence-corrected chi connectivity index (χ2v) is 3.54. The minimum Gasteiger partial charge on any atom is -0.488 e. The van der Waals surface area contributed by atoms with Crippen LogP contribution in [0.5, 0.6) is 5.75 Å². The molecule has 1 rings (SSSR count). The van der Waals surface area contributed by atoms with Crippen LogP contribution in [-0.2, 0) is 0 Å². The normalized spacial score (nSPS) is 14.2. The molecule has 2 atom stereocenters. The summed E-state index contributed by atoms with van der Waals surface area (Å²) >= 11 is 0. The van der Waals surface area contributed by atoms with Crippen molar-refractivity contribution in [2.75, 3.05) is 0 Å². The molecular formula is C11H13FO4. The van der Waals surface area contributed by atoms with E-state index in [0.29, 0.717) is 0 Å². The van der Waals surface area contributed by atoms with Crippen LogP contribution in [-0.4, -0.2) is 28.4 Å². The molecule has 0 bridgehead atoms. The summed E-state index contributed by atoms with van der Waals surface area (Å²) in [7, 11) is 0. The van der Waals surface area contributed by atoms with Gasteiger partial charge in [0.15, 0.2) is 0 Å². The van der Waals surface area contributed by atoms with Gasteiger partial charge in [0.1, 0.15) is 17.7 Å². The van der Waals surface area contributed by atoms with Crippen LogP contribution in [0.1, 0.15) is 24.2 Å². The first-order chi connectivity index (χ1) is 7.40. The minimum absolute atomic E-state index is 0.0887. The summed E-state index contributed by atoms with van der Waals surface area (Å²) in [6.07, 6.45) is -1.26. The van der Waals surface area contributed by atoms with E-state index in [9.17, 15) is 14.3 Å². The number of aliphatic hydroxyl groups is 1. The van der Waals surface area contributed by atoms with Crippen molar-refractivity contribution in [1.29, 1.82) is 0 Å². The van der Waals surface area contributed by atoms with Crippen molar-refractivity contribution in [3.05, 3.63) is 29.6 Å². The Labute approximate surface area is 92.3 Å². The van der Waals surface area contributed by atoms with E-state index in [1.807, 2.05) is 0 Å². The van der Waals surface area contributed by atoms with Gasteiger partial charge in [-0.3, -0.25) is 0 Å². The molecule has 4 nitrogen and oxygen atoms in total. The van der Waals surface area contributed by atoms with Gasteiger partial charge in [-0.2, -0.15) is 0 Å². The SMILES string of the molecule is CC(O)C(C)Oc1cc(F)cc(C(=O)O)c1. The average Bonchev–Trinajstić information content (AvgIpc) is 2.16. The lowest BCUT2D eigenvalue weighted by Gasteiger charge is -2.17. The Hall–Kier alpha value is -1.62. The molecule has 16 heavy (non-hydrogen) atoms. The monoisotopic (exact) mass is 228 g/mol. The highest BCUT2D eigenvalue weighted by atomic mass is 19.1. The van der Waals surface area contributed by atoms with E-state index in [2.05, 4.69) is 0 Å². The average molecular weight is 228 g/mol. The van der Waals surface area contributed by atoms with Gasteiger partial charge in [0, 0.05) is 6.07 Å². The molecule has 2 N–H and O–H groups in total. The van der Waals surface area contributed by atoms with Crippen molar-refractivity contribution >= 4 is 5.97 Å². The van der Waals surface area contributed by atoms with Crippen LogP contribution in [0, 0.1) is 5.82 Å². The topological polar surface area (TPSA) is 66.8 Å². The molecule has 88 valence electrons. The number of carbonyl (C=O) groups is 1. The van der Waals surface area contributed by atoms with E-state index in [1.54, 1.807) is 6.92 Å². The van der Waals surface area contributed by atoms with Gasteiger partial charge in [0.05, 0.1) is 11.7 Å². The molecule has 0 aliphatic carbocycles. The van der Waals surface area contributed by atoms with E-state index in [0.717, 1.165) is 12.1 Å². The molecule has 0 aliphatic rings. The molecule has 0 fully saturated rings. The Balaban J connectivity index is 2.92. The van der Waals surface area contributed by atoms with Gasteiger partial charge in [-0.15, -0.1) is 0 Å². The third kappa shape index (κ3) is 3.20. The fourth-order valence-corrected chi connectivity index (χ4v) is 1.07. The van der Waals surface area contributed by atoms with Gasteiger partial charge < -0.3 is 14.9 Å². The predicted octanol–water partition coefficient (Wildman–Crippen LogP) is 1.67. The first-order valence-electron chi connectivity index (χ1n) is 4.78. The number of rotatable bonds is 4. The molecule has 0 radical (unpaired) electrons. The minimum atomic E-state index is -1.23. The zero-order chi connectivity index (χ0) is 12.3. The summed E-state index contributed by atoms with van der Waals surface area (Å²) in [5, 5.41) is 17.9. The number of carboxylic acids is 1. The van der Waals surface area contributed by atoms with Crippen molar-refractivity contribution in [3.8, 4) is 5.75 Å². The van der Waals surface area contributed by atoms with Crippen LogP contribution < -0.4 is 4.74 Å². The van der Waals surface area contributed by atoms with E-state index in [-0.39, 0.29) is 11.3 Å². The van der Waals surface area contributed by atoms with Crippen LogP contribution in [0.2, 0.25) is 0 Å². The van der Waals surface area contributed by atoms with Crippen molar-refractivity contribution in [3.63, 3.8) is 0 Å². The lowest BCUT2D eigenvalue weighted by atomic mass is 10.2. The summed E-state index contributed by atoms with van der Waals surface area (Å²) in [5.41, 5.74) is -0.187. The summed E-state index contributed by atoms with van der Waals surface area (Å²) in [6.45, 7) is 3.14. The van der Waals surface area contributed by atoms with E-state index < -0.39 is 24.0 Å². The van der Waals surface area contributed by atoms with Crippen LogP contribution in [0.4, 0.5) is 4.39 Å². The zero-order valence-corrected chi connectivity index (χ0v) is 8.98. The summed E-state index contributed by atoms with van der Waals surface area (Å²) in [4.78, 5) is 10.7. The number of halogens is 1. The summed E-state index contributed by atoms with van der Waals surface area (Å²) in [5.74, 6) is -1.83. The van der Waals surface area contributed by atoms with Crippen molar-refractivity contribution < 1.29 is 24.1 Å². The maximum Gasteiger partial charge on any atom is 0.335 e. The standard InChI is InChI=1S/C11H13FO4/c1-6(13)7(2)16-10-4-8(11(14)15)3-9(12)5-10/h3-7,13H,1-2H3,(H,14,15). The molecule has 0 aromatic heterocycles. The van der Waals surface area contributed by atoms with Crippen molar-refractivity contribution in [2.24, 2.45) is 0 Å². The Morgan fingerprint density at radius 3 is 2.50 bits per heavy atom. The van der Waals surface area contributed by atoms with Crippen LogP contribution in [0.15, 0.2) is 18.2 Å². The highest BCUT2D eigenvalue weighted by Crippen LogP contribution is 2.18. The van der Waals surface area contributed by atoms with Crippen molar-refractivity contribution in [1.82, 2.24) is 0 Å². The van der Waals surface area contributed by atoms with Crippen LogP contribution >= 0.6 is 0 Å². The maximum absolute atomic E-state index is 13.0. The molecule has 0 heterocycles. The van der Waals surface area contributed by atoms with Crippen molar-refractivity contribution in [2.45, 2.75) is 26.1 Å². The first kappa shape index (κ1) is 12.4. The lowest BCUT2D eigenvalue weighted by Crippen LogP contribution is -2.25. The third-order valence-electron chi connectivity index (χ3n) is 2.12. The Kier molecular flexibility index (Phi) is 3.84. The van der Waals surface area contributed by atoms with Gasteiger partial charge in [-0.05, 0) is 26.0 Å². The number of ether oxygens (including phenoxy) is 1. The van der Waals surface area contributed by atoms with Crippen LogP contribution in [0.25, 0.3) is 0 Å². The maximum atomic E-state index is 13.0. The van der Waals surface area contributed by atoms with E-state index in [1.165, 1.54) is 13.0 Å². The molecule has 0 aliphatic heterocycles. The fraction of sp³-hybridized carbons (Fsp3) is 0.364. The predicted molar refractivity (Wildman–Crippen MR) is 55.1 cm³/mol. The molecular weight excluding hydrogens is 215 g/mol. The molecule has 2 unspecified atom stereocenters. The van der Waals surface area contributed by atoms with E-state index in [4.69, 9.17) is 9.84 Å². The quantitative estimate of drug-likeness (QED) is 0.822. The van der Waals surface area contributed by atoms with Crippen LogP contribution in [0.3, 0.4) is 0 Å². The highest BCUT2D eigenvalue weighted by molar-refractivity contribution is 5.88. The van der Waals surface area contributed by atoms with Gasteiger partial charge in [-0.25, -0.2) is 9.18 Å². The zero-order valence-electron chi connectivity index (χ0n) is 8.98. The number of carboxylic acid groups (broad SMARTS) is 1. The number of hydrogen-bond acceptors (Lipinski definition) is 3. The molecule has 5 heteroatoms. The molecule has 0 saturated carbocycles. The number of aliphatic hydroxyl groups excluding tert-OH is 1. The Bertz CT molecular complexity index is 390. The summed E-state index contributed by atoms with van der Waals surface area (Å²) < 4.78 is 18.2. The highest BCUT2D eigenvalue weighted by Gasteiger charge is 2.13. The number of benzene rings is 1. The number of hydrogen-bond donors (Lipinski definition) is 2. The fourth-order valence-electron chi connectivity index (χ4n) is 1.07. The third-order valence-corrected chi connectivity index (χ3v) is 2.12. The molecule has 0 spiro atoms. The second-order valence-electron chi connectivity index (χ2n) is 3.54. The van der Waals surface area contributed by atoms with Gasteiger partial charge in [0.25, 0.3) is 0 Å². The molecule has 1 aromatic rings. The molecule has 1 aromatic carbocycles. The second kappa shape index (κ2) is 4.94. The Morgan fingerprint density at radius 2 is 2.00 bits per heavy atom. The van der Waals surface area contributed by atoms with E-state index >= 15 is 0 Å². The first-order valence-corrected chi connectivity index (χ1v) is 4.78. The van der Waals surface area contributed by atoms with Gasteiger partial charge >= 0.3 is 5.97 Å². The largest absolute Gasteiger partial charge is 0.488 e. The van der Waals surface area contributed by atoms with Gasteiger partial charge in [0.2, 0.25) is 0 Å². The summed E-state index contributed by atoms with van der Waals surface area (Å²) in [6, 6.07) is 3.19. The molecule has 0 amide bonds. The smallest absolute Gasteiger partial charge is 0.335 e. The number of aromatic carboxylic acids is 1. The molecule has 0 saturated heterocycles. The van der Waals surface area contributed by atoms with Gasteiger partial charge in [-0.1, -0.05) is 0 Å². The lowest BCUT2D eigenvalue weighted by molar-refractivity contribution is 0.0598. The Morgan fingerprint density at radius 1 is 1.38 bits per heavy atom.